The van der Waals surface area contributed by atoms with E-state index >= 15 is 0 Å². The van der Waals surface area contributed by atoms with E-state index in [9.17, 15) is 0 Å². The molecular weight excluding hydrogens is 266 g/mol. The van der Waals surface area contributed by atoms with Crippen LogP contribution in [-0.4, -0.2) is 31.5 Å². The Morgan fingerprint density at radius 1 is 1.29 bits per heavy atom. The van der Waals surface area contributed by atoms with E-state index in [1.54, 1.807) is 0 Å². The lowest BCUT2D eigenvalue weighted by Crippen LogP contribution is -2.47. The SMILES string of the molecule is Cc1ccc(CN)cc1OC1CCOC2(CCOCC2)C1. The van der Waals surface area contributed by atoms with Crippen LogP contribution in [0, 0.1) is 6.92 Å². The highest BCUT2D eigenvalue weighted by Crippen LogP contribution is 2.36. The molecule has 2 saturated heterocycles. The number of aryl methyl sites for hydroxylation is 1. The molecule has 2 fully saturated rings. The molecule has 0 saturated carbocycles. The summed E-state index contributed by atoms with van der Waals surface area (Å²) in [7, 11) is 0. The topological polar surface area (TPSA) is 53.7 Å². The number of benzene rings is 1. The Kier molecular flexibility index (Phi) is 4.48. The van der Waals surface area contributed by atoms with Gasteiger partial charge in [0.2, 0.25) is 0 Å². The van der Waals surface area contributed by atoms with E-state index < -0.39 is 0 Å². The number of rotatable bonds is 3. The lowest BCUT2D eigenvalue weighted by atomic mass is 9.85. The molecule has 2 aliphatic heterocycles. The first kappa shape index (κ1) is 14.8. The van der Waals surface area contributed by atoms with Crippen molar-refractivity contribution in [3.05, 3.63) is 29.3 Å². The van der Waals surface area contributed by atoms with E-state index in [1.807, 2.05) is 0 Å². The zero-order valence-electron chi connectivity index (χ0n) is 12.8. The second-order valence-electron chi connectivity index (χ2n) is 6.18. The summed E-state index contributed by atoms with van der Waals surface area (Å²) in [4.78, 5) is 0. The molecule has 2 heterocycles. The Bertz CT molecular complexity index is 477. The largest absolute Gasteiger partial charge is 0.490 e. The van der Waals surface area contributed by atoms with Crippen LogP contribution in [0.2, 0.25) is 0 Å². The highest BCUT2D eigenvalue weighted by Gasteiger charge is 2.39. The summed E-state index contributed by atoms with van der Waals surface area (Å²) in [6, 6.07) is 6.22. The van der Waals surface area contributed by atoms with Crippen LogP contribution in [0.5, 0.6) is 5.75 Å². The van der Waals surface area contributed by atoms with E-state index in [0.29, 0.717) is 6.54 Å². The summed E-state index contributed by atoms with van der Waals surface area (Å²) in [6.45, 7) is 5.01. The molecular formula is C17H25NO3. The van der Waals surface area contributed by atoms with Crippen LogP contribution < -0.4 is 10.5 Å². The predicted molar refractivity (Wildman–Crippen MR) is 81.5 cm³/mol. The zero-order valence-corrected chi connectivity index (χ0v) is 12.8. The summed E-state index contributed by atoms with van der Waals surface area (Å²) in [5.41, 5.74) is 7.98. The van der Waals surface area contributed by atoms with E-state index in [2.05, 4.69) is 25.1 Å². The van der Waals surface area contributed by atoms with E-state index in [4.69, 9.17) is 19.9 Å². The highest BCUT2D eigenvalue weighted by molar-refractivity contribution is 5.36. The minimum absolute atomic E-state index is 0.0272. The molecule has 1 aromatic carbocycles. The molecule has 116 valence electrons. The summed E-state index contributed by atoms with van der Waals surface area (Å²) >= 11 is 0. The van der Waals surface area contributed by atoms with Gasteiger partial charge in [-0.15, -0.1) is 0 Å². The van der Waals surface area contributed by atoms with Crippen LogP contribution in [0.1, 0.15) is 36.8 Å². The second-order valence-corrected chi connectivity index (χ2v) is 6.18. The minimum Gasteiger partial charge on any atom is -0.490 e. The minimum atomic E-state index is -0.0272. The Morgan fingerprint density at radius 3 is 2.86 bits per heavy atom. The van der Waals surface area contributed by atoms with Crippen molar-refractivity contribution in [2.24, 2.45) is 5.73 Å². The smallest absolute Gasteiger partial charge is 0.122 e. The van der Waals surface area contributed by atoms with Gasteiger partial charge >= 0.3 is 0 Å². The van der Waals surface area contributed by atoms with Crippen molar-refractivity contribution < 1.29 is 14.2 Å². The standard InChI is InChI=1S/C17H25NO3/c1-13-2-3-14(12-18)10-16(13)21-15-4-7-20-17(11-15)5-8-19-9-6-17/h2-3,10,15H,4-9,11-12,18H2,1H3. The first-order chi connectivity index (χ1) is 10.2. The molecule has 2 N–H and O–H groups in total. The molecule has 0 aromatic heterocycles. The molecule has 2 aliphatic rings. The van der Waals surface area contributed by atoms with Gasteiger partial charge in [0.25, 0.3) is 0 Å². The van der Waals surface area contributed by atoms with Gasteiger partial charge in [-0.25, -0.2) is 0 Å². The molecule has 1 spiro atoms. The molecule has 4 heteroatoms. The normalized spacial score (nSPS) is 25.0. The van der Waals surface area contributed by atoms with Crippen LogP contribution in [0.4, 0.5) is 0 Å². The van der Waals surface area contributed by atoms with Crippen molar-refractivity contribution in [1.82, 2.24) is 0 Å². The summed E-state index contributed by atoms with van der Waals surface area (Å²) in [6.07, 6.45) is 4.10. The fraction of sp³-hybridized carbons (Fsp3) is 0.647. The molecule has 21 heavy (non-hydrogen) atoms. The molecule has 0 bridgehead atoms. The Hall–Kier alpha value is -1.10. The number of hydrogen-bond acceptors (Lipinski definition) is 4. The Labute approximate surface area is 126 Å². The molecule has 1 aromatic rings. The average molecular weight is 291 g/mol. The quantitative estimate of drug-likeness (QED) is 0.930. The Balaban J connectivity index is 1.69. The fourth-order valence-corrected chi connectivity index (χ4v) is 3.25. The number of hydrogen-bond donors (Lipinski definition) is 1. The second kappa shape index (κ2) is 6.34. The Morgan fingerprint density at radius 2 is 2.10 bits per heavy atom. The predicted octanol–water partition coefficient (Wildman–Crippen LogP) is 2.56. The first-order valence-corrected chi connectivity index (χ1v) is 7.89. The van der Waals surface area contributed by atoms with Crippen LogP contribution in [0.25, 0.3) is 0 Å². The van der Waals surface area contributed by atoms with Gasteiger partial charge in [0.1, 0.15) is 11.9 Å². The first-order valence-electron chi connectivity index (χ1n) is 7.89. The van der Waals surface area contributed by atoms with Gasteiger partial charge in [-0.05, 0) is 37.0 Å². The lowest BCUT2D eigenvalue weighted by molar-refractivity contribution is -0.155. The molecule has 3 rings (SSSR count). The van der Waals surface area contributed by atoms with Gasteiger partial charge in [-0.2, -0.15) is 0 Å². The third-order valence-electron chi connectivity index (χ3n) is 4.63. The van der Waals surface area contributed by atoms with Gasteiger partial charge in [0.15, 0.2) is 0 Å². The van der Waals surface area contributed by atoms with Gasteiger partial charge in [-0.1, -0.05) is 12.1 Å². The van der Waals surface area contributed by atoms with Gasteiger partial charge in [-0.3, -0.25) is 0 Å². The molecule has 1 unspecified atom stereocenters. The summed E-state index contributed by atoms with van der Waals surface area (Å²) in [5, 5.41) is 0. The van der Waals surface area contributed by atoms with E-state index in [0.717, 1.165) is 56.8 Å². The van der Waals surface area contributed by atoms with E-state index in [-0.39, 0.29) is 11.7 Å². The zero-order chi connectivity index (χ0) is 14.7. The molecule has 0 aliphatic carbocycles. The molecule has 0 radical (unpaired) electrons. The van der Waals surface area contributed by atoms with Gasteiger partial charge < -0.3 is 19.9 Å². The van der Waals surface area contributed by atoms with Crippen molar-refractivity contribution in [1.29, 1.82) is 0 Å². The van der Waals surface area contributed by atoms with Crippen molar-refractivity contribution in [2.45, 2.75) is 50.9 Å². The van der Waals surface area contributed by atoms with Crippen LogP contribution in [-0.2, 0) is 16.0 Å². The molecule has 4 nitrogen and oxygen atoms in total. The van der Waals surface area contributed by atoms with Crippen molar-refractivity contribution in [3.8, 4) is 5.75 Å². The summed E-state index contributed by atoms with van der Waals surface area (Å²) < 4.78 is 17.8. The maximum atomic E-state index is 6.28. The number of nitrogens with two attached hydrogens (primary N) is 1. The fourth-order valence-electron chi connectivity index (χ4n) is 3.25. The van der Waals surface area contributed by atoms with Gasteiger partial charge in [0, 0.05) is 32.6 Å². The maximum absolute atomic E-state index is 6.28. The molecule has 1 atom stereocenters. The average Bonchev–Trinajstić information content (AvgIpc) is 2.50. The maximum Gasteiger partial charge on any atom is 0.122 e. The van der Waals surface area contributed by atoms with Crippen LogP contribution >= 0.6 is 0 Å². The highest BCUT2D eigenvalue weighted by atomic mass is 16.5. The monoisotopic (exact) mass is 291 g/mol. The van der Waals surface area contributed by atoms with Crippen molar-refractivity contribution >= 4 is 0 Å². The lowest BCUT2D eigenvalue weighted by Gasteiger charge is -2.43. The third-order valence-corrected chi connectivity index (χ3v) is 4.63. The van der Waals surface area contributed by atoms with Crippen molar-refractivity contribution in [3.63, 3.8) is 0 Å². The van der Waals surface area contributed by atoms with Crippen molar-refractivity contribution in [2.75, 3.05) is 19.8 Å². The molecule has 0 amide bonds. The van der Waals surface area contributed by atoms with Gasteiger partial charge in [0.05, 0.1) is 12.2 Å². The van der Waals surface area contributed by atoms with E-state index in [1.165, 1.54) is 5.56 Å². The van der Waals surface area contributed by atoms with Crippen LogP contribution in [0.15, 0.2) is 18.2 Å². The number of ether oxygens (including phenoxy) is 3. The third kappa shape index (κ3) is 3.39. The summed E-state index contributed by atoms with van der Waals surface area (Å²) in [5.74, 6) is 0.965. The van der Waals surface area contributed by atoms with Crippen LogP contribution in [0.3, 0.4) is 0 Å².